The number of nitrogens with two attached hydrogens (primary N) is 1. The monoisotopic (exact) mass is 604 g/mol. The third-order valence-corrected chi connectivity index (χ3v) is 5.02. The Morgan fingerprint density at radius 3 is 1.98 bits per heavy atom. The normalized spacial score (nSPS) is 11.1. The van der Waals surface area contributed by atoms with Crippen LogP contribution in [0, 0.1) is 10.1 Å². The lowest BCUT2D eigenvalue weighted by Gasteiger charge is -2.09. The quantitative estimate of drug-likeness (QED) is 0.103. The molecular formula is C24H18F6N4O8. The maximum Gasteiger partial charge on any atom is 0.490 e. The highest BCUT2D eigenvalue weighted by Gasteiger charge is 2.38. The molecule has 12 nitrogen and oxygen atoms in total. The number of nitrogens with zero attached hydrogens (tertiary/aromatic N) is 2. The number of H-pyrrole nitrogens is 1. The average Bonchev–Trinajstić information content (AvgIpc) is 3.26. The summed E-state index contributed by atoms with van der Waals surface area (Å²) < 4.78 is 70.1. The molecule has 4 N–H and O–H groups in total. The van der Waals surface area contributed by atoms with E-state index < -0.39 is 35.2 Å². The molecule has 0 saturated carbocycles. The molecular weight excluding hydrogens is 586 g/mol. The number of nitro groups is 1. The molecule has 0 saturated heterocycles. The van der Waals surface area contributed by atoms with Crippen molar-refractivity contribution in [3.05, 3.63) is 70.3 Å². The summed E-state index contributed by atoms with van der Waals surface area (Å²) in [7, 11) is 0. The number of nitrogen functional groups attached to an aromatic ring is 1. The van der Waals surface area contributed by atoms with Crippen molar-refractivity contribution >= 4 is 51.3 Å². The number of carbonyl (C=O) groups is 3. The van der Waals surface area contributed by atoms with E-state index in [9.17, 15) is 41.3 Å². The van der Waals surface area contributed by atoms with Gasteiger partial charge in [-0.05, 0) is 37.3 Å². The number of aliphatic carboxylic acids is 2. The number of nitrogens with one attached hydrogen (secondary N) is 1. The van der Waals surface area contributed by atoms with Crippen LogP contribution in [0.4, 0.5) is 37.8 Å². The number of non-ortho nitro benzene ring substituents is 1. The minimum atomic E-state index is -5.19. The van der Waals surface area contributed by atoms with E-state index in [1.54, 1.807) is 29.7 Å². The molecule has 0 bridgehead atoms. The predicted octanol–water partition coefficient (Wildman–Crippen LogP) is 3.20. The van der Waals surface area contributed by atoms with Crippen LogP contribution in [0.1, 0.15) is 17.3 Å². The van der Waals surface area contributed by atoms with E-state index in [1.807, 2.05) is 24.3 Å². The molecule has 0 radical (unpaired) electrons. The van der Waals surface area contributed by atoms with Crippen molar-refractivity contribution < 1.29 is 65.2 Å². The molecule has 42 heavy (non-hydrogen) atoms. The van der Waals surface area contributed by atoms with Crippen molar-refractivity contribution in [3.63, 3.8) is 0 Å². The first-order chi connectivity index (χ1) is 19.4. The minimum absolute atomic E-state index is 0.0281. The van der Waals surface area contributed by atoms with Crippen LogP contribution in [0.15, 0.2) is 54.6 Å². The van der Waals surface area contributed by atoms with E-state index in [-0.39, 0.29) is 23.7 Å². The number of rotatable bonds is 4. The zero-order valence-electron chi connectivity index (χ0n) is 20.9. The molecule has 2 aromatic heterocycles. The number of para-hydroxylation sites is 1. The Morgan fingerprint density at radius 1 is 1.00 bits per heavy atom. The van der Waals surface area contributed by atoms with Crippen molar-refractivity contribution in [2.75, 3.05) is 12.3 Å². The number of fused-ring (bicyclic) bond motifs is 3. The van der Waals surface area contributed by atoms with Crippen LogP contribution >= 0.6 is 0 Å². The Bertz CT molecular complexity index is 1610. The van der Waals surface area contributed by atoms with E-state index in [2.05, 4.69) is 4.98 Å². The second-order valence-corrected chi connectivity index (χ2v) is 7.79. The van der Waals surface area contributed by atoms with Crippen molar-refractivity contribution in [2.45, 2.75) is 19.3 Å². The van der Waals surface area contributed by atoms with Crippen LogP contribution in [0.3, 0.4) is 0 Å². The number of ether oxygens (including phenoxy) is 1. The van der Waals surface area contributed by atoms with Crippen LogP contribution in [0.2, 0.25) is 0 Å². The van der Waals surface area contributed by atoms with Gasteiger partial charge in [0, 0.05) is 17.5 Å². The summed E-state index contributed by atoms with van der Waals surface area (Å²) in [5.41, 5.74) is 9.53. The lowest BCUT2D eigenvalue weighted by atomic mass is 10.1. The number of aromatic nitrogens is 2. The molecule has 0 fully saturated rings. The minimum Gasteiger partial charge on any atom is -0.542 e. The van der Waals surface area contributed by atoms with Gasteiger partial charge in [-0.25, -0.2) is 9.59 Å². The number of pyridine rings is 1. The third kappa shape index (κ3) is 7.83. The van der Waals surface area contributed by atoms with E-state index >= 15 is 0 Å². The number of carboxylic acids is 2. The van der Waals surface area contributed by atoms with Crippen molar-refractivity contribution in [3.8, 4) is 5.69 Å². The number of hydrogen-bond donors (Lipinski definition) is 3. The SMILES string of the molecule is CCOC(=O)c1cc2[nH]c3ccccc3c2[n+](-c2ccc([N+](=O)[O-])cc2)c1N.O=C(O)C(F)(F)F.O=C([O-])C(F)(F)F. The van der Waals surface area contributed by atoms with Gasteiger partial charge in [-0.3, -0.25) is 15.8 Å². The number of anilines is 1. The first kappa shape index (κ1) is 32.8. The Balaban J connectivity index is 0.000000367. The summed E-state index contributed by atoms with van der Waals surface area (Å²) in [6.45, 7) is 1.94. The molecule has 224 valence electrons. The molecule has 2 heterocycles. The number of halogens is 6. The third-order valence-electron chi connectivity index (χ3n) is 5.02. The van der Waals surface area contributed by atoms with Crippen molar-refractivity contribution in [1.29, 1.82) is 0 Å². The van der Waals surface area contributed by atoms with Crippen LogP contribution < -0.4 is 15.4 Å². The fraction of sp³-hybridized carbons (Fsp3) is 0.167. The summed E-state index contributed by atoms with van der Waals surface area (Å²) in [6, 6.07) is 15.4. The Labute approximate surface area is 229 Å². The van der Waals surface area contributed by atoms with Gasteiger partial charge in [0.25, 0.3) is 11.5 Å². The van der Waals surface area contributed by atoms with Crippen LogP contribution in [-0.4, -0.2) is 51.9 Å². The highest BCUT2D eigenvalue weighted by molar-refractivity contribution is 6.06. The number of hydrogen-bond acceptors (Lipinski definition) is 8. The molecule has 4 aromatic rings. The first-order valence-electron chi connectivity index (χ1n) is 11.1. The first-order valence-corrected chi connectivity index (χ1v) is 11.1. The zero-order chi connectivity index (χ0) is 32.0. The van der Waals surface area contributed by atoms with Gasteiger partial charge >= 0.3 is 24.3 Å². The molecule has 0 amide bonds. The van der Waals surface area contributed by atoms with Gasteiger partial charge in [0.05, 0.1) is 22.6 Å². The van der Waals surface area contributed by atoms with Crippen LogP contribution in [0.25, 0.3) is 27.6 Å². The molecule has 0 unspecified atom stereocenters. The van der Waals surface area contributed by atoms with Gasteiger partial charge in [-0.1, -0.05) is 12.1 Å². The number of alkyl halides is 6. The van der Waals surface area contributed by atoms with Gasteiger partial charge in [0.2, 0.25) is 0 Å². The van der Waals surface area contributed by atoms with Crippen molar-refractivity contribution in [2.24, 2.45) is 0 Å². The maximum absolute atomic E-state index is 12.4. The van der Waals surface area contributed by atoms with E-state index in [4.69, 9.17) is 30.3 Å². The van der Waals surface area contributed by atoms with Gasteiger partial charge in [0.1, 0.15) is 11.7 Å². The second kappa shape index (κ2) is 12.8. The van der Waals surface area contributed by atoms with E-state index in [1.165, 1.54) is 12.1 Å². The van der Waals surface area contributed by atoms with Gasteiger partial charge in [-0.2, -0.15) is 30.9 Å². The lowest BCUT2D eigenvalue weighted by molar-refractivity contribution is -0.550. The summed E-state index contributed by atoms with van der Waals surface area (Å²) >= 11 is 0. The average molecular weight is 604 g/mol. The summed E-state index contributed by atoms with van der Waals surface area (Å²) in [5.74, 6) is -6.10. The lowest BCUT2D eigenvalue weighted by Crippen LogP contribution is -2.37. The number of carbonyl (C=O) groups excluding carboxylic acids is 2. The van der Waals surface area contributed by atoms with E-state index in [0.29, 0.717) is 11.2 Å². The topological polar surface area (TPSA) is 193 Å². The fourth-order valence-electron chi connectivity index (χ4n) is 3.32. The second-order valence-electron chi connectivity index (χ2n) is 7.79. The number of nitro benzene ring substituents is 1. The molecule has 0 aliphatic heterocycles. The smallest absolute Gasteiger partial charge is 0.490 e. The van der Waals surface area contributed by atoms with Gasteiger partial charge < -0.3 is 24.7 Å². The molecule has 0 spiro atoms. The maximum atomic E-state index is 12.4. The molecule has 18 heteroatoms. The number of carboxylic acid groups (broad SMARTS) is 2. The summed E-state index contributed by atoms with van der Waals surface area (Å²) in [6.07, 6.45) is -10.3. The number of benzene rings is 2. The van der Waals surface area contributed by atoms with Crippen molar-refractivity contribution in [1.82, 2.24) is 4.98 Å². The predicted molar refractivity (Wildman–Crippen MR) is 129 cm³/mol. The molecule has 0 atom stereocenters. The fourth-order valence-corrected chi connectivity index (χ4v) is 3.32. The Morgan fingerprint density at radius 2 is 1.52 bits per heavy atom. The molecule has 2 aromatic carbocycles. The largest absolute Gasteiger partial charge is 0.542 e. The highest BCUT2D eigenvalue weighted by Crippen LogP contribution is 2.27. The number of esters is 1. The van der Waals surface area contributed by atoms with Crippen LogP contribution in [-0.2, 0) is 14.3 Å². The Hall–Kier alpha value is -5.42. The Kier molecular flexibility index (Phi) is 10.0. The standard InChI is InChI=1S/C20H16N4O4.2C2HF3O2/c1-2-28-20(25)15-11-17-18(14-5-3-4-6-16(14)22-17)23(19(15)21)12-7-9-13(10-8-12)24(26)27;2*3-2(4,5)1(6)7/h3-11H,2H2,1H3,(H2,21,22,25);2*(H,6,7). The molecule has 0 aliphatic carbocycles. The van der Waals surface area contributed by atoms with Gasteiger partial charge in [0.15, 0.2) is 11.1 Å². The summed E-state index contributed by atoms with van der Waals surface area (Å²) in [5, 5.41) is 27.8. The number of aromatic amines is 1. The van der Waals surface area contributed by atoms with E-state index in [0.717, 1.165) is 16.4 Å². The zero-order valence-corrected chi connectivity index (χ0v) is 20.9. The highest BCUT2D eigenvalue weighted by atomic mass is 19.4. The molecule has 0 aliphatic rings. The summed E-state index contributed by atoms with van der Waals surface area (Å²) in [4.78, 5) is 43.9. The molecule has 4 rings (SSSR count). The van der Waals surface area contributed by atoms with Crippen LogP contribution in [0.5, 0.6) is 0 Å². The van der Waals surface area contributed by atoms with Gasteiger partial charge in [-0.15, -0.1) is 0 Å².